The van der Waals surface area contributed by atoms with Crippen molar-refractivity contribution in [2.24, 2.45) is 0 Å². The first-order valence-electron chi connectivity index (χ1n) is 6.74. The van der Waals surface area contributed by atoms with Gasteiger partial charge in [-0.1, -0.05) is 18.2 Å². The molecule has 0 aliphatic rings. The van der Waals surface area contributed by atoms with Gasteiger partial charge in [0.05, 0.1) is 20.3 Å². The molecule has 112 valence electrons. The van der Waals surface area contributed by atoms with E-state index >= 15 is 0 Å². The lowest BCUT2D eigenvalue weighted by Gasteiger charge is -2.18. The Bertz CT molecular complexity index is 410. The molecule has 5 heteroatoms. The Morgan fingerprint density at radius 2 is 2.05 bits per heavy atom. The van der Waals surface area contributed by atoms with Gasteiger partial charge in [0.25, 0.3) is 0 Å². The minimum absolute atomic E-state index is 0.0796. The summed E-state index contributed by atoms with van der Waals surface area (Å²) in [5.41, 5.74) is 1.11. The van der Waals surface area contributed by atoms with Crippen LogP contribution in [0.4, 0.5) is 0 Å². The number of carbonyl (C=O) groups excluding carboxylic acids is 1. The van der Waals surface area contributed by atoms with Gasteiger partial charge in [0.15, 0.2) is 0 Å². The largest absolute Gasteiger partial charge is 0.496 e. The number of ether oxygens (including phenoxy) is 2. The van der Waals surface area contributed by atoms with Gasteiger partial charge in [0.1, 0.15) is 5.75 Å². The first-order valence-corrected chi connectivity index (χ1v) is 6.74. The molecule has 0 aliphatic carbocycles. The fraction of sp³-hybridized carbons (Fsp3) is 0.533. The van der Waals surface area contributed by atoms with Crippen LogP contribution in [0.2, 0.25) is 0 Å². The minimum Gasteiger partial charge on any atom is -0.496 e. The number of methoxy groups -OCH3 is 2. The van der Waals surface area contributed by atoms with Crippen molar-refractivity contribution in [3.8, 4) is 5.75 Å². The van der Waals surface area contributed by atoms with Gasteiger partial charge in [-0.2, -0.15) is 0 Å². The molecular weight excluding hydrogens is 256 g/mol. The molecule has 1 amide bonds. The number of para-hydroxylation sites is 1. The summed E-state index contributed by atoms with van der Waals surface area (Å²) in [4.78, 5) is 13.6. The Hall–Kier alpha value is -1.59. The summed E-state index contributed by atoms with van der Waals surface area (Å²) >= 11 is 0. The highest BCUT2D eigenvalue weighted by Crippen LogP contribution is 2.17. The zero-order chi connectivity index (χ0) is 14.8. The molecule has 0 heterocycles. The fourth-order valence-corrected chi connectivity index (χ4v) is 1.83. The quantitative estimate of drug-likeness (QED) is 0.684. The van der Waals surface area contributed by atoms with Crippen molar-refractivity contribution in [1.82, 2.24) is 10.2 Å². The average molecular weight is 280 g/mol. The second kappa shape index (κ2) is 9.34. The van der Waals surface area contributed by atoms with Crippen LogP contribution in [-0.4, -0.2) is 58.3 Å². The minimum atomic E-state index is 0.0796. The molecule has 0 radical (unpaired) electrons. The number of nitrogens with zero attached hydrogens (tertiary/aromatic N) is 1. The maximum Gasteiger partial charge on any atom is 0.236 e. The Labute approximate surface area is 120 Å². The summed E-state index contributed by atoms with van der Waals surface area (Å²) in [6.07, 6.45) is 0.782. The molecule has 5 nitrogen and oxygen atoms in total. The predicted molar refractivity (Wildman–Crippen MR) is 79.1 cm³/mol. The van der Waals surface area contributed by atoms with E-state index in [1.54, 1.807) is 19.1 Å². The highest BCUT2D eigenvalue weighted by molar-refractivity contribution is 5.77. The van der Waals surface area contributed by atoms with E-state index in [9.17, 15) is 4.79 Å². The molecule has 1 aromatic rings. The zero-order valence-corrected chi connectivity index (χ0v) is 12.5. The lowest BCUT2D eigenvalue weighted by atomic mass is 10.1. The third-order valence-corrected chi connectivity index (χ3v) is 3.09. The number of carbonyl (C=O) groups is 1. The Kier molecular flexibility index (Phi) is 7.69. The Morgan fingerprint density at radius 3 is 2.75 bits per heavy atom. The van der Waals surface area contributed by atoms with Crippen molar-refractivity contribution >= 4 is 5.91 Å². The standard InChI is InChI=1S/C15H24N2O3/c1-17(15(18)12-16-9-11-19-2)10-8-13-6-4-5-7-14(13)20-3/h4-7,16H,8-12H2,1-3H3. The monoisotopic (exact) mass is 280 g/mol. The number of likely N-dealkylation sites (N-methyl/N-ethyl adjacent to an activating group) is 1. The van der Waals surface area contributed by atoms with Crippen molar-refractivity contribution in [1.29, 1.82) is 0 Å². The molecule has 0 saturated carbocycles. The van der Waals surface area contributed by atoms with Crippen LogP contribution >= 0.6 is 0 Å². The summed E-state index contributed by atoms with van der Waals surface area (Å²) < 4.78 is 10.2. The number of amides is 1. The van der Waals surface area contributed by atoms with Crippen LogP contribution in [0.25, 0.3) is 0 Å². The van der Waals surface area contributed by atoms with E-state index in [1.807, 2.05) is 31.3 Å². The van der Waals surface area contributed by atoms with Gasteiger partial charge >= 0.3 is 0 Å². The smallest absolute Gasteiger partial charge is 0.236 e. The molecule has 0 aromatic heterocycles. The third-order valence-electron chi connectivity index (χ3n) is 3.09. The second-order valence-corrected chi connectivity index (χ2v) is 4.55. The fourth-order valence-electron chi connectivity index (χ4n) is 1.83. The van der Waals surface area contributed by atoms with Crippen LogP contribution in [0.5, 0.6) is 5.75 Å². The van der Waals surface area contributed by atoms with Crippen LogP contribution in [0.15, 0.2) is 24.3 Å². The van der Waals surface area contributed by atoms with E-state index in [1.165, 1.54) is 0 Å². The second-order valence-electron chi connectivity index (χ2n) is 4.55. The van der Waals surface area contributed by atoms with E-state index in [2.05, 4.69) is 5.32 Å². The van der Waals surface area contributed by atoms with E-state index in [4.69, 9.17) is 9.47 Å². The highest BCUT2D eigenvalue weighted by Gasteiger charge is 2.09. The molecule has 0 saturated heterocycles. The van der Waals surface area contributed by atoms with Gasteiger partial charge in [-0.25, -0.2) is 0 Å². The first-order chi connectivity index (χ1) is 9.69. The van der Waals surface area contributed by atoms with E-state index in [-0.39, 0.29) is 5.91 Å². The van der Waals surface area contributed by atoms with Crippen LogP contribution in [0, 0.1) is 0 Å². The molecule has 0 unspecified atom stereocenters. The van der Waals surface area contributed by atoms with Crippen molar-refractivity contribution < 1.29 is 14.3 Å². The van der Waals surface area contributed by atoms with Crippen LogP contribution in [-0.2, 0) is 16.0 Å². The van der Waals surface area contributed by atoms with Crippen molar-refractivity contribution in [2.75, 3.05) is 47.5 Å². The maximum atomic E-state index is 11.9. The number of nitrogens with one attached hydrogen (secondary N) is 1. The zero-order valence-electron chi connectivity index (χ0n) is 12.5. The summed E-state index contributed by atoms with van der Waals surface area (Å²) in [5, 5.41) is 3.05. The topological polar surface area (TPSA) is 50.8 Å². The van der Waals surface area contributed by atoms with Gasteiger partial charge in [-0.15, -0.1) is 0 Å². The number of benzene rings is 1. The maximum absolute atomic E-state index is 11.9. The molecule has 0 spiro atoms. The van der Waals surface area contributed by atoms with Crippen molar-refractivity contribution in [2.45, 2.75) is 6.42 Å². The molecule has 1 N–H and O–H groups in total. The van der Waals surface area contributed by atoms with Gasteiger partial charge < -0.3 is 19.7 Å². The van der Waals surface area contributed by atoms with Gasteiger partial charge in [0.2, 0.25) is 5.91 Å². The number of hydrogen-bond acceptors (Lipinski definition) is 4. The molecule has 0 fully saturated rings. The van der Waals surface area contributed by atoms with Crippen molar-refractivity contribution in [3.63, 3.8) is 0 Å². The van der Waals surface area contributed by atoms with E-state index in [0.29, 0.717) is 26.2 Å². The molecular formula is C15H24N2O3. The predicted octanol–water partition coefficient (Wildman–Crippen LogP) is 0.932. The van der Waals surface area contributed by atoms with Gasteiger partial charge in [-0.3, -0.25) is 4.79 Å². The lowest BCUT2D eigenvalue weighted by molar-refractivity contribution is -0.128. The lowest BCUT2D eigenvalue weighted by Crippen LogP contribution is -2.37. The Morgan fingerprint density at radius 1 is 1.30 bits per heavy atom. The summed E-state index contributed by atoms with van der Waals surface area (Å²) in [6, 6.07) is 7.88. The van der Waals surface area contributed by atoms with Crippen molar-refractivity contribution in [3.05, 3.63) is 29.8 Å². The molecule has 0 bridgehead atoms. The van der Waals surface area contributed by atoms with Gasteiger partial charge in [0, 0.05) is 27.2 Å². The van der Waals surface area contributed by atoms with Crippen LogP contribution in [0.1, 0.15) is 5.56 Å². The van der Waals surface area contributed by atoms with E-state index in [0.717, 1.165) is 17.7 Å². The van der Waals surface area contributed by atoms with Gasteiger partial charge in [-0.05, 0) is 18.1 Å². The Balaban J connectivity index is 2.34. The first kappa shape index (κ1) is 16.5. The SMILES string of the molecule is COCCNCC(=O)N(C)CCc1ccccc1OC. The number of hydrogen-bond donors (Lipinski definition) is 1. The third kappa shape index (κ3) is 5.59. The average Bonchev–Trinajstić information content (AvgIpc) is 2.49. The molecule has 0 atom stereocenters. The molecule has 1 rings (SSSR count). The molecule has 20 heavy (non-hydrogen) atoms. The number of rotatable bonds is 9. The normalized spacial score (nSPS) is 10.3. The van der Waals surface area contributed by atoms with E-state index < -0.39 is 0 Å². The van der Waals surface area contributed by atoms with Crippen LogP contribution < -0.4 is 10.1 Å². The highest BCUT2D eigenvalue weighted by atomic mass is 16.5. The molecule has 0 aliphatic heterocycles. The summed E-state index contributed by atoms with van der Waals surface area (Å²) in [7, 11) is 5.12. The van der Waals surface area contributed by atoms with Crippen LogP contribution in [0.3, 0.4) is 0 Å². The summed E-state index contributed by atoms with van der Waals surface area (Å²) in [5.74, 6) is 0.947. The molecule has 1 aromatic carbocycles. The summed E-state index contributed by atoms with van der Waals surface area (Å²) in [6.45, 7) is 2.30.